The van der Waals surface area contributed by atoms with E-state index in [0.29, 0.717) is 10.7 Å². The number of benzene rings is 1. The summed E-state index contributed by atoms with van der Waals surface area (Å²) in [5, 5.41) is 9.40. The van der Waals surface area contributed by atoms with Crippen molar-refractivity contribution in [2.75, 3.05) is 17.8 Å². The first kappa shape index (κ1) is 13.2. The van der Waals surface area contributed by atoms with Gasteiger partial charge >= 0.3 is 5.97 Å². The Bertz CT molecular complexity index is 590. The van der Waals surface area contributed by atoms with Gasteiger partial charge in [-0.1, -0.05) is 30.0 Å². The molecular formula is C13H10N2O3S. The van der Waals surface area contributed by atoms with Gasteiger partial charge in [0.05, 0.1) is 12.9 Å². The number of ether oxygens (including phenoxy) is 1. The van der Waals surface area contributed by atoms with Crippen LogP contribution in [0.25, 0.3) is 0 Å². The molecule has 0 bridgehead atoms. The minimum Gasteiger partial charge on any atom is -0.465 e. The predicted molar refractivity (Wildman–Crippen MR) is 71.0 cm³/mol. The first-order valence-electron chi connectivity index (χ1n) is 5.42. The van der Waals surface area contributed by atoms with Crippen LogP contribution in [0.4, 0.5) is 5.69 Å². The fourth-order valence-corrected chi connectivity index (χ4v) is 2.68. The van der Waals surface area contributed by atoms with Crippen molar-refractivity contribution < 1.29 is 14.3 Å². The van der Waals surface area contributed by atoms with Crippen LogP contribution in [0.5, 0.6) is 0 Å². The summed E-state index contributed by atoms with van der Waals surface area (Å²) in [7, 11) is 1.20. The Morgan fingerprint density at radius 3 is 2.68 bits per heavy atom. The summed E-state index contributed by atoms with van der Waals surface area (Å²) in [6.45, 7) is 0. The quantitative estimate of drug-likeness (QED) is 0.466. The lowest BCUT2D eigenvalue weighted by Crippen LogP contribution is -2.25. The second kappa shape index (κ2) is 5.59. The number of carbonyl (C=O) groups excluding carboxylic acids is 2. The molecule has 5 nitrogen and oxygen atoms in total. The topological polar surface area (TPSA) is 70.4 Å². The molecule has 1 aromatic rings. The van der Waals surface area contributed by atoms with Crippen molar-refractivity contribution in [1.29, 1.82) is 5.26 Å². The van der Waals surface area contributed by atoms with Crippen LogP contribution in [0.1, 0.15) is 0 Å². The number of hydrogen-bond donors (Lipinski definition) is 0. The number of anilines is 1. The summed E-state index contributed by atoms with van der Waals surface area (Å²) >= 11 is 1.16. The SMILES string of the molecule is COC(=O)/C(C#N)=C1/SCC(=O)N1c1ccccc1. The van der Waals surface area contributed by atoms with Gasteiger partial charge in [0.25, 0.3) is 0 Å². The van der Waals surface area contributed by atoms with Crippen molar-refractivity contribution in [2.45, 2.75) is 0 Å². The Morgan fingerprint density at radius 2 is 2.11 bits per heavy atom. The first-order valence-corrected chi connectivity index (χ1v) is 6.41. The number of carbonyl (C=O) groups is 2. The van der Waals surface area contributed by atoms with Gasteiger partial charge in [-0.15, -0.1) is 0 Å². The van der Waals surface area contributed by atoms with Crippen LogP contribution >= 0.6 is 11.8 Å². The molecule has 1 aromatic carbocycles. The lowest BCUT2D eigenvalue weighted by molar-refractivity contribution is -0.135. The van der Waals surface area contributed by atoms with E-state index >= 15 is 0 Å². The van der Waals surface area contributed by atoms with Gasteiger partial charge < -0.3 is 4.74 Å². The maximum absolute atomic E-state index is 11.9. The third kappa shape index (κ3) is 2.46. The van der Waals surface area contributed by atoms with E-state index in [0.717, 1.165) is 11.8 Å². The van der Waals surface area contributed by atoms with Gasteiger partial charge in [0.1, 0.15) is 11.1 Å². The molecule has 0 aromatic heterocycles. The van der Waals surface area contributed by atoms with Gasteiger partial charge in [0, 0.05) is 5.69 Å². The Labute approximate surface area is 114 Å². The molecule has 19 heavy (non-hydrogen) atoms. The Kier molecular flexibility index (Phi) is 3.88. The molecule has 0 unspecified atom stereocenters. The summed E-state index contributed by atoms with van der Waals surface area (Å²) in [4.78, 5) is 24.9. The largest absolute Gasteiger partial charge is 0.465 e. The second-order valence-corrected chi connectivity index (χ2v) is 4.60. The molecule has 1 fully saturated rings. The van der Waals surface area contributed by atoms with E-state index in [4.69, 9.17) is 5.26 Å². The minimum absolute atomic E-state index is 0.151. The zero-order chi connectivity index (χ0) is 13.8. The Hall–Kier alpha value is -2.26. The van der Waals surface area contributed by atoms with Crippen molar-refractivity contribution in [3.63, 3.8) is 0 Å². The summed E-state index contributed by atoms with van der Waals surface area (Å²) in [5.74, 6) is -0.699. The molecular weight excluding hydrogens is 264 g/mol. The highest BCUT2D eigenvalue weighted by Gasteiger charge is 2.33. The Morgan fingerprint density at radius 1 is 1.42 bits per heavy atom. The molecule has 0 aliphatic carbocycles. The number of rotatable bonds is 2. The van der Waals surface area contributed by atoms with E-state index in [-0.39, 0.29) is 17.2 Å². The van der Waals surface area contributed by atoms with E-state index in [1.165, 1.54) is 12.0 Å². The van der Waals surface area contributed by atoms with Crippen LogP contribution in [0.2, 0.25) is 0 Å². The predicted octanol–water partition coefficient (Wildman–Crippen LogP) is 1.67. The maximum atomic E-state index is 11.9. The molecule has 0 saturated carbocycles. The van der Waals surface area contributed by atoms with Gasteiger partial charge in [0.2, 0.25) is 5.91 Å². The molecule has 1 saturated heterocycles. The second-order valence-electron chi connectivity index (χ2n) is 3.64. The summed E-state index contributed by atoms with van der Waals surface area (Å²) in [5.41, 5.74) is 0.478. The zero-order valence-corrected chi connectivity index (χ0v) is 10.9. The molecule has 6 heteroatoms. The van der Waals surface area contributed by atoms with Gasteiger partial charge in [-0.3, -0.25) is 9.69 Å². The molecule has 0 radical (unpaired) electrons. The molecule has 1 heterocycles. The molecule has 0 atom stereocenters. The minimum atomic E-state index is -0.736. The highest BCUT2D eigenvalue weighted by Crippen LogP contribution is 2.35. The molecule has 2 rings (SSSR count). The number of nitriles is 1. The lowest BCUT2D eigenvalue weighted by Gasteiger charge is -2.17. The summed E-state index contributed by atoms with van der Waals surface area (Å²) in [6, 6.07) is 10.7. The number of amides is 1. The van der Waals surface area contributed by atoms with Crippen LogP contribution in [-0.4, -0.2) is 24.7 Å². The fraction of sp³-hybridized carbons (Fsp3) is 0.154. The van der Waals surface area contributed by atoms with Gasteiger partial charge in [0.15, 0.2) is 5.57 Å². The average molecular weight is 274 g/mol. The monoisotopic (exact) mass is 274 g/mol. The molecule has 0 N–H and O–H groups in total. The van der Waals surface area contributed by atoms with Gasteiger partial charge in [-0.05, 0) is 12.1 Å². The number of hydrogen-bond acceptors (Lipinski definition) is 5. The first-order chi connectivity index (χ1) is 9.19. The number of para-hydroxylation sites is 1. The highest BCUT2D eigenvalue weighted by molar-refractivity contribution is 8.04. The number of thioether (sulfide) groups is 1. The maximum Gasteiger partial charge on any atom is 0.351 e. The van der Waals surface area contributed by atoms with E-state index in [1.54, 1.807) is 30.3 Å². The van der Waals surface area contributed by atoms with E-state index in [9.17, 15) is 9.59 Å². The van der Waals surface area contributed by atoms with E-state index < -0.39 is 5.97 Å². The number of methoxy groups -OCH3 is 1. The standard InChI is InChI=1S/C13H10N2O3S/c1-18-13(17)10(7-14)12-15(11(16)8-19-12)9-5-3-2-4-6-9/h2-6H,8H2,1H3/b12-10+. The average Bonchev–Trinajstić information content (AvgIpc) is 2.82. The van der Waals surface area contributed by atoms with Crippen molar-refractivity contribution in [3.8, 4) is 6.07 Å². The van der Waals surface area contributed by atoms with E-state index in [1.807, 2.05) is 6.07 Å². The van der Waals surface area contributed by atoms with Crippen LogP contribution in [-0.2, 0) is 14.3 Å². The van der Waals surface area contributed by atoms with Crippen molar-refractivity contribution in [1.82, 2.24) is 0 Å². The van der Waals surface area contributed by atoms with Gasteiger partial charge in [-0.2, -0.15) is 5.26 Å². The summed E-state index contributed by atoms with van der Waals surface area (Å²) in [6.07, 6.45) is 0. The summed E-state index contributed by atoms with van der Waals surface area (Å²) < 4.78 is 4.56. The number of nitrogens with zero attached hydrogens (tertiary/aromatic N) is 2. The van der Waals surface area contributed by atoms with Crippen LogP contribution < -0.4 is 4.90 Å². The van der Waals surface area contributed by atoms with Crippen molar-refractivity contribution in [2.24, 2.45) is 0 Å². The molecule has 0 spiro atoms. The highest BCUT2D eigenvalue weighted by atomic mass is 32.2. The third-order valence-electron chi connectivity index (χ3n) is 2.51. The van der Waals surface area contributed by atoms with Crippen LogP contribution in [0.3, 0.4) is 0 Å². The van der Waals surface area contributed by atoms with Crippen molar-refractivity contribution in [3.05, 3.63) is 40.9 Å². The van der Waals surface area contributed by atoms with Gasteiger partial charge in [-0.25, -0.2) is 4.79 Å². The fourth-order valence-electron chi connectivity index (χ4n) is 1.68. The molecule has 1 aliphatic heterocycles. The number of esters is 1. The normalized spacial score (nSPS) is 17.1. The molecule has 1 amide bonds. The smallest absolute Gasteiger partial charge is 0.351 e. The van der Waals surface area contributed by atoms with Crippen molar-refractivity contribution >= 4 is 29.3 Å². The van der Waals surface area contributed by atoms with Crippen LogP contribution in [0.15, 0.2) is 40.9 Å². The van der Waals surface area contributed by atoms with E-state index in [2.05, 4.69) is 4.74 Å². The zero-order valence-electron chi connectivity index (χ0n) is 10.1. The molecule has 96 valence electrons. The third-order valence-corrected chi connectivity index (χ3v) is 3.57. The lowest BCUT2D eigenvalue weighted by atomic mass is 10.2. The Balaban J connectivity index is 2.52. The molecule has 1 aliphatic rings. The van der Waals surface area contributed by atoms with Crippen LogP contribution in [0, 0.1) is 11.3 Å².